The summed E-state index contributed by atoms with van der Waals surface area (Å²) in [6.07, 6.45) is 3.05. The average molecular weight is 400 g/mol. The summed E-state index contributed by atoms with van der Waals surface area (Å²) in [5.41, 5.74) is 1.74. The second-order valence-corrected chi connectivity index (χ2v) is 6.45. The SMILES string of the molecule is CCCOc1cc(/C=N\n2c(Cc3ccc(F)cc3)n[nH]c2=S)ccc1OC. The molecule has 0 aliphatic heterocycles. The maximum atomic E-state index is 13.1. The first-order chi connectivity index (χ1) is 13.6. The van der Waals surface area contributed by atoms with Crippen molar-refractivity contribution >= 4 is 18.4 Å². The Labute approximate surface area is 167 Å². The van der Waals surface area contributed by atoms with Crippen molar-refractivity contribution in [3.05, 3.63) is 70.0 Å². The van der Waals surface area contributed by atoms with Gasteiger partial charge in [-0.3, -0.25) is 5.10 Å². The smallest absolute Gasteiger partial charge is 0.216 e. The molecule has 0 aliphatic rings. The second-order valence-electron chi connectivity index (χ2n) is 6.06. The molecule has 0 atom stereocenters. The molecular formula is C20H21FN4O2S. The first kappa shape index (κ1) is 19.8. The van der Waals surface area contributed by atoms with Crippen LogP contribution < -0.4 is 9.47 Å². The van der Waals surface area contributed by atoms with E-state index < -0.39 is 0 Å². The molecule has 0 saturated heterocycles. The Hall–Kier alpha value is -3.00. The largest absolute Gasteiger partial charge is 0.493 e. The molecule has 0 fully saturated rings. The summed E-state index contributed by atoms with van der Waals surface area (Å²) in [5, 5.41) is 11.4. The average Bonchev–Trinajstić information content (AvgIpc) is 3.05. The Kier molecular flexibility index (Phi) is 6.54. The van der Waals surface area contributed by atoms with E-state index in [9.17, 15) is 4.39 Å². The van der Waals surface area contributed by atoms with Gasteiger partial charge in [0.05, 0.1) is 19.9 Å². The number of benzene rings is 2. The van der Waals surface area contributed by atoms with Crippen LogP contribution in [0.4, 0.5) is 4.39 Å². The van der Waals surface area contributed by atoms with Gasteiger partial charge < -0.3 is 9.47 Å². The molecule has 8 heteroatoms. The minimum absolute atomic E-state index is 0.277. The van der Waals surface area contributed by atoms with Crippen LogP contribution in [-0.4, -0.2) is 34.8 Å². The van der Waals surface area contributed by atoms with Gasteiger partial charge in [-0.2, -0.15) is 14.9 Å². The van der Waals surface area contributed by atoms with Crippen molar-refractivity contribution in [2.75, 3.05) is 13.7 Å². The van der Waals surface area contributed by atoms with Crippen LogP contribution in [0.3, 0.4) is 0 Å². The van der Waals surface area contributed by atoms with E-state index in [4.69, 9.17) is 21.7 Å². The fourth-order valence-electron chi connectivity index (χ4n) is 2.57. The lowest BCUT2D eigenvalue weighted by molar-refractivity contribution is 0.294. The molecule has 0 amide bonds. The third-order valence-corrected chi connectivity index (χ3v) is 4.23. The first-order valence-corrected chi connectivity index (χ1v) is 9.27. The first-order valence-electron chi connectivity index (χ1n) is 8.86. The summed E-state index contributed by atoms with van der Waals surface area (Å²) in [6, 6.07) is 11.8. The zero-order chi connectivity index (χ0) is 19.9. The molecule has 1 N–H and O–H groups in total. The predicted octanol–water partition coefficient (Wildman–Crippen LogP) is 4.35. The lowest BCUT2D eigenvalue weighted by Crippen LogP contribution is -2.01. The number of aromatic amines is 1. The normalized spacial score (nSPS) is 11.1. The molecule has 146 valence electrons. The van der Waals surface area contributed by atoms with Gasteiger partial charge in [0.1, 0.15) is 5.82 Å². The van der Waals surface area contributed by atoms with Gasteiger partial charge in [-0.25, -0.2) is 4.39 Å². The van der Waals surface area contributed by atoms with Gasteiger partial charge in [0.25, 0.3) is 0 Å². The quantitative estimate of drug-likeness (QED) is 0.451. The van der Waals surface area contributed by atoms with Gasteiger partial charge in [0.15, 0.2) is 17.3 Å². The lowest BCUT2D eigenvalue weighted by Gasteiger charge is -2.10. The molecule has 1 aromatic heterocycles. The summed E-state index contributed by atoms with van der Waals surface area (Å²) in [7, 11) is 1.61. The number of rotatable bonds is 8. The van der Waals surface area contributed by atoms with E-state index >= 15 is 0 Å². The van der Waals surface area contributed by atoms with E-state index in [2.05, 4.69) is 15.3 Å². The molecule has 3 aromatic rings. The summed E-state index contributed by atoms with van der Waals surface area (Å²) in [4.78, 5) is 0. The van der Waals surface area contributed by atoms with Crippen LogP contribution in [0.15, 0.2) is 47.6 Å². The van der Waals surface area contributed by atoms with Crippen LogP contribution in [0.25, 0.3) is 0 Å². The number of nitrogens with one attached hydrogen (secondary N) is 1. The van der Waals surface area contributed by atoms with Crippen LogP contribution in [-0.2, 0) is 6.42 Å². The number of aromatic nitrogens is 3. The third-order valence-electron chi connectivity index (χ3n) is 3.96. The van der Waals surface area contributed by atoms with Crippen molar-refractivity contribution in [2.24, 2.45) is 5.10 Å². The maximum absolute atomic E-state index is 13.1. The van der Waals surface area contributed by atoms with Gasteiger partial charge in [-0.15, -0.1) is 0 Å². The topological polar surface area (TPSA) is 64.4 Å². The number of hydrogen-bond acceptors (Lipinski definition) is 5. The molecule has 3 rings (SSSR count). The van der Waals surface area contributed by atoms with E-state index in [0.29, 0.717) is 35.1 Å². The maximum Gasteiger partial charge on any atom is 0.216 e. The van der Waals surface area contributed by atoms with Crippen molar-refractivity contribution in [3.8, 4) is 11.5 Å². The highest BCUT2D eigenvalue weighted by molar-refractivity contribution is 7.71. The minimum atomic E-state index is -0.277. The van der Waals surface area contributed by atoms with Gasteiger partial charge in [-0.1, -0.05) is 19.1 Å². The fraction of sp³-hybridized carbons (Fsp3) is 0.250. The van der Waals surface area contributed by atoms with Crippen molar-refractivity contribution in [1.29, 1.82) is 0 Å². The molecule has 1 heterocycles. The molecule has 28 heavy (non-hydrogen) atoms. The Morgan fingerprint density at radius 3 is 2.71 bits per heavy atom. The Bertz CT molecular complexity index is 1010. The molecule has 6 nitrogen and oxygen atoms in total. The van der Waals surface area contributed by atoms with Crippen LogP contribution in [0.5, 0.6) is 11.5 Å². The molecule has 0 unspecified atom stereocenters. The van der Waals surface area contributed by atoms with Crippen molar-refractivity contribution < 1.29 is 13.9 Å². The highest BCUT2D eigenvalue weighted by Gasteiger charge is 2.08. The second kappa shape index (κ2) is 9.27. The summed E-state index contributed by atoms with van der Waals surface area (Å²) < 4.78 is 26.1. The van der Waals surface area contributed by atoms with E-state index in [1.165, 1.54) is 12.1 Å². The van der Waals surface area contributed by atoms with E-state index in [0.717, 1.165) is 17.5 Å². The number of hydrogen-bond donors (Lipinski definition) is 1. The highest BCUT2D eigenvalue weighted by Crippen LogP contribution is 2.27. The molecule has 0 saturated carbocycles. The Morgan fingerprint density at radius 2 is 2.00 bits per heavy atom. The van der Waals surface area contributed by atoms with Crippen molar-refractivity contribution in [2.45, 2.75) is 19.8 Å². The molecule has 0 radical (unpaired) electrons. The molecule has 2 aromatic carbocycles. The molecule has 0 bridgehead atoms. The third kappa shape index (κ3) is 4.83. The van der Waals surface area contributed by atoms with Gasteiger partial charge in [-0.05, 0) is 60.1 Å². The van der Waals surface area contributed by atoms with Crippen LogP contribution in [0.2, 0.25) is 0 Å². The summed E-state index contributed by atoms with van der Waals surface area (Å²) in [6.45, 7) is 2.65. The Morgan fingerprint density at radius 1 is 1.21 bits per heavy atom. The summed E-state index contributed by atoms with van der Waals surface area (Å²) in [5.74, 6) is 1.68. The van der Waals surface area contributed by atoms with Crippen LogP contribution in [0.1, 0.15) is 30.3 Å². The number of ether oxygens (including phenoxy) is 2. The number of halogens is 1. The molecular weight excluding hydrogens is 379 g/mol. The number of methoxy groups -OCH3 is 1. The predicted molar refractivity (Wildman–Crippen MR) is 108 cm³/mol. The number of H-pyrrole nitrogens is 1. The van der Waals surface area contributed by atoms with Crippen LogP contribution in [0, 0.1) is 10.6 Å². The lowest BCUT2D eigenvalue weighted by atomic mass is 10.1. The van der Waals surface area contributed by atoms with E-state index in [-0.39, 0.29) is 5.82 Å². The van der Waals surface area contributed by atoms with Crippen LogP contribution >= 0.6 is 12.2 Å². The zero-order valence-electron chi connectivity index (χ0n) is 15.7. The van der Waals surface area contributed by atoms with Gasteiger partial charge >= 0.3 is 0 Å². The number of nitrogens with zero attached hydrogens (tertiary/aromatic N) is 3. The Balaban J connectivity index is 1.83. The highest BCUT2D eigenvalue weighted by atomic mass is 32.1. The van der Waals surface area contributed by atoms with Crippen molar-refractivity contribution in [3.63, 3.8) is 0 Å². The minimum Gasteiger partial charge on any atom is -0.493 e. The van der Waals surface area contributed by atoms with Gasteiger partial charge in [0.2, 0.25) is 4.77 Å². The standard InChI is InChI=1S/C20H21FN4O2S/c1-3-10-27-18-11-15(6-9-17(18)26-2)13-22-25-19(23-24-20(25)28)12-14-4-7-16(21)8-5-14/h4-9,11,13H,3,10,12H2,1-2H3,(H,24,28)/b22-13-. The molecule has 0 spiro atoms. The van der Waals surface area contributed by atoms with Gasteiger partial charge in [0, 0.05) is 6.42 Å². The van der Waals surface area contributed by atoms with E-state index in [1.54, 1.807) is 30.1 Å². The zero-order valence-corrected chi connectivity index (χ0v) is 16.5. The fourth-order valence-corrected chi connectivity index (χ4v) is 2.76. The summed E-state index contributed by atoms with van der Waals surface area (Å²) >= 11 is 5.27. The van der Waals surface area contributed by atoms with Crippen molar-refractivity contribution in [1.82, 2.24) is 14.9 Å². The molecule has 0 aliphatic carbocycles. The van der Waals surface area contributed by atoms with E-state index in [1.807, 2.05) is 25.1 Å². The monoisotopic (exact) mass is 400 g/mol.